The molecule has 11 heavy (non-hydrogen) atoms. The van der Waals surface area contributed by atoms with Gasteiger partial charge < -0.3 is 5.11 Å². The normalized spacial score (nSPS) is 12.9. The van der Waals surface area contributed by atoms with E-state index in [4.69, 9.17) is 0 Å². The highest BCUT2D eigenvalue weighted by molar-refractivity contribution is 5.23. The Labute approximate surface area is 67.7 Å². The van der Waals surface area contributed by atoms with Gasteiger partial charge in [-0.15, -0.1) is 0 Å². The summed E-state index contributed by atoms with van der Waals surface area (Å²) in [5.74, 6) is 0. The van der Waals surface area contributed by atoms with E-state index >= 15 is 0 Å². The fourth-order valence-electron chi connectivity index (χ4n) is 0.904. The van der Waals surface area contributed by atoms with Gasteiger partial charge in [0.1, 0.15) is 0 Å². The zero-order chi connectivity index (χ0) is 8.10. The lowest BCUT2D eigenvalue weighted by Crippen LogP contribution is -2.05. The highest BCUT2D eigenvalue weighted by Gasteiger charge is 2.00. The molecular weight excluding hydrogens is 136 g/mol. The van der Waals surface area contributed by atoms with Crippen LogP contribution >= 0.6 is 0 Å². The molecule has 1 aromatic carbocycles. The monoisotopic (exact) mass is 149 g/mol. The second-order valence-corrected chi connectivity index (χ2v) is 2.55. The smallest absolute Gasteiger partial charge is 0.0613 e. The summed E-state index contributed by atoms with van der Waals surface area (Å²) < 4.78 is 0. The fourth-order valence-corrected chi connectivity index (χ4v) is 0.904. The van der Waals surface area contributed by atoms with E-state index < -0.39 is 0 Å². The van der Waals surface area contributed by atoms with Gasteiger partial charge in [0.2, 0.25) is 0 Å². The summed E-state index contributed by atoms with van der Waals surface area (Å²) in [5.41, 5.74) is 1.09. The van der Waals surface area contributed by atoms with Crippen molar-refractivity contribution in [2.24, 2.45) is 0 Å². The second kappa shape index (κ2) is 4.14. The molecule has 59 valence electrons. The van der Waals surface area contributed by atoms with E-state index in [1.165, 1.54) is 0 Å². The molecule has 1 aromatic rings. The molecule has 0 amide bonds. The molecule has 0 fully saturated rings. The predicted molar refractivity (Wildman–Crippen MR) is 46.1 cm³/mol. The Hall–Kier alpha value is -0.820. The van der Waals surface area contributed by atoms with Crippen LogP contribution in [0, 0.1) is 6.42 Å². The van der Waals surface area contributed by atoms with E-state index in [0.29, 0.717) is 0 Å². The number of aliphatic hydroxyl groups is 1. The molecule has 0 saturated carbocycles. The highest BCUT2D eigenvalue weighted by Crippen LogP contribution is 2.06. The topological polar surface area (TPSA) is 20.2 Å². The zero-order valence-corrected chi connectivity index (χ0v) is 6.70. The van der Waals surface area contributed by atoms with Gasteiger partial charge in [0, 0.05) is 6.42 Å². The fraction of sp³-hybridized carbons (Fsp3) is 0.300. The molecule has 1 radical (unpaired) electrons. The van der Waals surface area contributed by atoms with Crippen LogP contribution in [-0.4, -0.2) is 11.2 Å². The Bertz CT molecular complexity index is 193. The van der Waals surface area contributed by atoms with Gasteiger partial charge in [0.15, 0.2) is 0 Å². The summed E-state index contributed by atoms with van der Waals surface area (Å²) in [7, 11) is 0. The molecule has 0 aromatic heterocycles. The van der Waals surface area contributed by atoms with Crippen molar-refractivity contribution in [2.45, 2.75) is 19.4 Å². The minimum atomic E-state index is -0.308. The summed E-state index contributed by atoms with van der Waals surface area (Å²) >= 11 is 0. The molecule has 1 rings (SSSR count). The maximum Gasteiger partial charge on any atom is 0.0613 e. The summed E-state index contributed by atoms with van der Waals surface area (Å²) in [5, 5.41) is 9.26. The first kappa shape index (κ1) is 8.28. The molecule has 1 nitrogen and oxygen atoms in total. The van der Waals surface area contributed by atoms with Gasteiger partial charge >= 0.3 is 0 Å². The van der Waals surface area contributed by atoms with Crippen molar-refractivity contribution in [2.75, 3.05) is 0 Å². The summed E-state index contributed by atoms with van der Waals surface area (Å²) in [6.07, 6.45) is 2.33. The average Bonchev–Trinajstić information content (AvgIpc) is 2.06. The van der Waals surface area contributed by atoms with Crippen molar-refractivity contribution in [1.82, 2.24) is 0 Å². The van der Waals surface area contributed by atoms with Gasteiger partial charge in [-0.05, 0) is 12.0 Å². The third-order valence-electron chi connectivity index (χ3n) is 1.60. The van der Waals surface area contributed by atoms with Gasteiger partial charge in [-0.3, -0.25) is 0 Å². The first-order valence-electron chi connectivity index (χ1n) is 3.91. The number of rotatable bonds is 3. The van der Waals surface area contributed by atoms with Crippen molar-refractivity contribution in [3.8, 4) is 0 Å². The quantitative estimate of drug-likeness (QED) is 0.697. The van der Waals surface area contributed by atoms with E-state index in [2.05, 4.69) is 0 Å². The molecule has 0 saturated heterocycles. The van der Waals surface area contributed by atoms with Crippen LogP contribution in [0.25, 0.3) is 0 Å². The number of hydrogen-bond donors (Lipinski definition) is 1. The average molecular weight is 149 g/mol. The summed E-state index contributed by atoms with van der Waals surface area (Å²) in [4.78, 5) is 0. The molecule has 0 heterocycles. The van der Waals surface area contributed by atoms with Gasteiger partial charge in [0.25, 0.3) is 0 Å². The lowest BCUT2D eigenvalue weighted by atomic mass is 10.1. The molecule has 1 unspecified atom stereocenters. The number of benzene rings is 1. The van der Waals surface area contributed by atoms with Crippen molar-refractivity contribution in [3.63, 3.8) is 0 Å². The lowest BCUT2D eigenvalue weighted by Gasteiger charge is -2.05. The van der Waals surface area contributed by atoms with E-state index in [9.17, 15) is 5.11 Å². The van der Waals surface area contributed by atoms with Gasteiger partial charge in [-0.1, -0.05) is 37.3 Å². The van der Waals surface area contributed by atoms with Crippen LogP contribution in [0.1, 0.15) is 18.9 Å². The Morgan fingerprint density at radius 2 is 2.00 bits per heavy atom. The van der Waals surface area contributed by atoms with E-state index in [1.807, 2.05) is 43.7 Å². The third-order valence-corrected chi connectivity index (χ3v) is 1.60. The van der Waals surface area contributed by atoms with Crippen LogP contribution in [-0.2, 0) is 0 Å². The van der Waals surface area contributed by atoms with Crippen LogP contribution in [0.4, 0.5) is 0 Å². The first-order chi connectivity index (χ1) is 5.33. The molecule has 1 N–H and O–H groups in total. The minimum absolute atomic E-state index is 0.308. The number of aliphatic hydroxyl groups excluding tert-OH is 1. The minimum Gasteiger partial charge on any atom is -0.392 e. The highest BCUT2D eigenvalue weighted by atomic mass is 16.3. The van der Waals surface area contributed by atoms with Crippen molar-refractivity contribution in [1.29, 1.82) is 0 Å². The standard InChI is InChI=1S/C10H13O/c1-2-10(11)8-9-6-4-3-5-7-9/h3-8,10-11H,2H2,1H3. The van der Waals surface area contributed by atoms with Crippen LogP contribution in [0.3, 0.4) is 0 Å². The molecule has 0 aliphatic heterocycles. The molecular formula is C10H13O. The van der Waals surface area contributed by atoms with Crippen molar-refractivity contribution < 1.29 is 5.11 Å². The van der Waals surface area contributed by atoms with Gasteiger partial charge in [-0.2, -0.15) is 0 Å². The van der Waals surface area contributed by atoms with Crippen LogP contribution in [0.15, 0.2) is 30.3 Å². The first-order valence-corrected chi connectivity index (χ1v) is 3.91. The molecule has 0 bridgehead atoms. The van der Waals surface area contributed by atoms with Gasteiger partial charge in [0.05, 0.1) is 6.10 Å². The summed E-state index contributed by atoms with van der Waals surface area (Å²) in [6, 6.07) is 9.87. The summed E-state index contributed by atoms with van der Waals surface area (Å²) in [6.45, 7) is 1.96. The van der Waals surface area contributed by atoms with Gasteiger partial charge in [-0.25, -0.2) is 0 Å². The Kier molecular flexibility index (Phi) is 3.12. The van der Waals surface area contributed by atoms with E-state index in [-0.39, 0.29) is 6.10 Å². The molecule has 0 spiro atoms. The third kappa shape index (κ3) is 2.72. The Morgan fingerprint density at radius 1 is 1.36 bits per heavy atom. The SMILES string of the molecule is CCC(O)[CH]c1ccccc1. The maximum absolute atomic E-state index is 9.26. The van der Waals surface area contributed by atoms with Crippen LogP contribution in [0.5, 0.6) is 0 Å². The predicted octanol–water partition coefficient (Wildman–Crippen LogP) is 2.01. The van der Waals surface area contributed by atoms with Crippen molar-refractivity contribution >= 4 is 0 Å². The Morgan fingerprint density at radius 3 is 2.55 bits per heavy atom. The largest absolute Gasteiger partial charge is 0.392 e. The van der Waals surface area contributed by atoms with E-state index in [1.54, 1.807) is 0 Å². The molecule has 1 atom stereocenters. The molecule has 0 aliphatic carbocycles. The number of hydrogen-bond acceptors (Lipinski definition) is 1. The Balaban J connectivity index is 2.51. The maximum atomic E-state index is 9.26. The zero-order valence-electron chi connectivity index (χ0n) is 6.70. The van der Waals surface area contributed by atoms with Crippen LogP contribution < -0.4 is 0 Å². The molecule has 0 aliphatic rings. The van der Waals surface area contributed by atoms with E-state index in [0.717, 1.165) is 12.0 Å². The lowest BCUT2D eigenvalue weighted by molar-refractivity contribution is 0.206. The molecule has 1 heteroatoms. The van der Waals surface area contributed by atoms with Crippen molar-refractivity contribution in [3.05, 3.63) is 42.3 Å². The van der Waals surface area contributed by atoms with Crippen LogP contribution in [0.2, 0.25) is 0 Å². The second-order valence-electron chi connectivity index (χ2n) is 2.55.